The summed E-state index contributed by atoms with van der Waals surface area (Å²) in [5, 5.41) is 21.1. The van der Waals surface area contributed by atoms with E-state index in [1.165, 1.54) is 0 Å². The number of carbonyl (C=O) groups excluding carboxylic acids is 1. The highest BCUT2D eigenvalue weighted by Gasteiger charge is 2.43. The second kappa shape index (κ2) is 9.78. The number of rotatable bonds is 4. The molecular weight excluding hydrogens is 516 g/mol. The fourth-order valence-corrected chi connectivity index (χ4v) is 5.33. The second-order valence-electron chi connectivity index (χ2n) is 9.13. The normalized spacial score (nSPS) is 19.3. The molecule has 0 fully saturated rings. The smallest absolute Gasteiger partial charge is 0.161 e. The van der Waals surface area contributed by atoms with E-state index in [-0.39, 0.29) is 17.4 Å². The van der Waals surface area contributed by atoms with Crippen molar-refractivity contribution in [1.82, 2.24) is 0 Å². The molecule has 0 radical (unpaired) electrons. The fraction of sp³-hybridized carbons (Fsp3) is 0.200. The third kappa shape index (κ3) is 4.26. The lowest BCUT2D eigenvalue weighted by Gasteiger charge is -2.41. The molecule has 2 N–H and O–H groups in total. The van der Waals surface area contributed by atoms with Gasteiger partial charge in [0.1, 0.15) is 17.3 Å². The molecule has 0 bridgehead atoms. The summed E-state index contributed by atoms with van der Waals surface area (Å²) in [4.78, 5) is 15.4. The van der Waals surface area contributed by atoms with Crippen LogP contribution in [0.15, 0.2) is 94.1 Å². The highest BCUT2D eigenvalue weighted by Crippen LogP contribution is 2.48. The van der Waals surface area contributed by atoms with Gasteiger partial charge in [-0.25, -0.2) is 0 Å². The van der Waals surface area contributed by atoms with Gasteiger partial charge in [0, 0.05) is 44.9 Å². The molecule has 0 amide bonds. The number of nitrogens with zero attached hydrogens (tertiary/aromatic N) is 1. The van der Waals surface area contributed by atoms with Crippen molar-refractivity contribution >= 4 is 39.0 Å². The van der Waals surface area contributed by atoms with Gasteiger partial charge in [-0.15, -0.1) is 0 Å². The Balaban J connectivity index is 1.80. The number of methoxy groups -OCH3 is 1. The zero-order chi connectivity index (χ0) is 25.4. The largest absolute Gasteiger partial charge is 0.507 e. The number of ether oxygens (including phenoxy) is 1. The van der Waals surface area contributed by atoms with Gasteiger partial charge in [0.25, 0.3) is 0 Å². The van der Waals surface area contributed by atoms with Gasteiger partial charge in [-0.1, -0.05) is 57.9 Å². The lowest BCUT2D eigenvalue weighted by molar-refractivity contribution is -0.116. The number of benzene rings is 3. The molecule has 3 aromatic carbocycles. The summed E-state index contributed by atoms with van der Waals surface area (Å²) in [6.07, 6.45) is 1.87. The Bertz CT molecular complexity index is 1390. The number of aryl methyl sites for hydroxylation is 1. The van der Waals surface area contributed by atoms with Crippen LogP contribution < -0.4 is 9.64 Å². The van der Waals surface area contributed by atoms with Crippen LogP contribution in [0.5, 0.6) is 5.75 Å². The lowest BCUT2D eigenvalue weighted by Crippen LogP contribution is -2.42. The minimum absolute atomic E-state index is 0.00727. The number of hydrogen-bond acceptors (Lipinski definition) is 4. The minimum Gasteiger partial charge on any atom is -0.507 e. The maximum atomic E-state index is 13.5. The number of amidine groups is 1. The Hall–Kier alpha value is -3.64. The minimum atomic E-state index is -0.556. The number of aliphatic hydroxyl groups is 1. The molecule has 0 aromatic heterocycles. The molecule has 1 aliphatic heterocycles. The molecule has 5 rings (SSSR count). The number of allylic oxidation sites excluding steroid dienone is 2. The first kappa shape index (κ1) is 24.1. The summed E-state index contributed by atoms with van der Waals surface area (Å²) in [6, 6.07) is 22.8. The number of ketones is 1. The van der Waals surface area contributed by atoms with E-state index in [0.717, 1.165) is 33.4 Å². The Morgan fingerprint density at radius 2 is 1.67 bits per heavy atom. The van der Waals surface area contributed by atoms with Gasteiger partial charge >= 0.3 is 0 Å². The van der Waals surface area contributed by atoms with Crippen LogP contribution in [0.2, 0.25) is 0 Å². The molecule has 1 heterocycles. The molecule has 0 saturated heterocycles. The van der Waals surface area contributed by atoms with E-state index in [9.17, 15) is 15.3 Å². The number of Topliss-reactive ketones (excluding diaryl/α,β-unsaturated/α-hetero) is 1. The number of nitrogens with one attached hydrogen (secondary N) is 1. The quantitative estimate of drug-likeness (QED) is 0.338. The molecule has 1 aliphatic carbocycles. The standard InChI is InChI=1S/C30H27BrN2O3/c1-18-6-8-20(9-7-18)29(35)28-26(19-10-16-23(36-2)17-11-19)27-24(4-3-5-25(27)34)33(30(28)32)22-14-12-21(31)13-15-22/h6-17,26,32,35H,3-5H2,1-2H3/b29-28+,32-30?/t26-/m1/s1. The first-order valence-electron chi connectivity index (χ1n) is 11.9. The monoisotopic (exact) mass is 542 g/mol. The third-order valence-corrected chi connectivity index (χ3v) is 7.40. The van der Waals surface area contributed by atoms with E-state index >= 15 is 0 Å². The number of hydrogen-bond donors (Lipinski definition) is 2. The van der Waals surface area contributed by atoms with Crippen molar-refractivity contribution in [2.24, 2.45) is 0 Å². The Morgan fingerprint density at radius 1 is 1.00 bits per heavy atom. The topological polar surface area (TPSA) is 73.6 Å². The number of halogens is 1. The summed E-state index contributed by atoms with van der Waals surface area (Å²) >= 11 is 3.49. The van der Waals surface area contributed by atoms with Crippen LogP contribution in [0.25, 0.3) is 5.76 Å². The van der Waals surface area contributed by atoms with Gasteiger partial charge in [0.2, 0.25) is 0 Å². The summed E-state index contributed by atoms with van der Waals surface area (Å²) in [6.45, 7) is 1.99. The van der Waals surface area contributed by atoms with Crippen LogP contribution in [-0.2, 0) is 4.79 Å². The zero-order valence-corrected chi connectivity index (χ0v) is 21.8. The molecule has 0 unspecified atom stereocenters. The third-order valence-electron chi connectivity index (χ3n) is 6.87. The van der Waals surface area contributed by atoms with Crippen LogP contribution in [0.4, 0.5) is 5.69 Å². The van der Waals surface area contributed by atoms with E-state index in [2.05, 4.69) is 15.9 Å². The zero-order valence-electron chi connectivity index (χ0n) is 20.2. The average molecular weight is 543 g/mol. The van der Waals surface area contributed by atoms with Crippen molar-refractivity contribution in [2.75, 3.05) is 12.0 Å². The van der Waals surface area contributed by atoms with Crippen LogP contribution in [0.1, 0.15) is 41.9 Å². The Labute approximate surface area is 219 Å². The Kier molecular flexibility index (Phi) is 6.54. The van der Waals surface area contributed by atoms with Crippen LogP contribution in [0.3, 0.4) is 0 Å². The summed E-state index contributed by atoms with van der Waals surface area (Å²) in [5.74, 6) is 0.385. The predicted octanol–water partition coefficient (Wildman–Crippen LogP) is 7.32. The molecule has 5 nitrogen and oxygen atoms in total. The molecule has 2 aliphatic rings. The maximum absolute atomic E-state index is 13.5. The van der Waals surface area contributed by atoms with Crippen molar-refractivity contribution in [3.63, 3.8) is 0 Å². The molecule has 0 saturated carbocycles. The maximum Gasteiger partial charge on any atom is 0.161 e. The molecule has 6 heteroatoms. The van der Waals surface area contributed by atoms with Crippen molar-refractivity contribution in [3.8, 4) is 5.75 Å². The summed E-state index contributed by atoms with van der Waals surface area (Å²) < 4.78 is 6.28. The van der Waals surface area contributed by atoms with Gasteiger partial charge in [-0.05, 0) is 61.7 Å². The van der Waals surface area contributed by atoms with Crippen LogP contribution in [-0.4, -0.2) is 23.8 Å². The first-order valence-corrected chi connectivity index (χ1v) is 12.7. The van der Waals surface area contributed by atoms with Crippen molar-refractivity contribution < 1.29 is 14.6 Å². The van der Waals surface area contributed by atoms with E-state index in [1.54, 1.807) is 7.11 Å². The van der Waals surface area contributed by atoms with Crippen molar-refractivity contribution in [3.05, 3.63) is 111 Å². The van der Waals surface area contributed by atoms with Crippen molar-refractivity contribution in [1.29, 1.82) is 5.41 Å². The molecule has 36 heavy (non-hydrogen) atoms. The highest BCUT2D eigenvalue weighted by atomic mass is 79.9. The second-order valence-corrected chi connectivity index (χ2v) is 10.0. The van der Waals surface area contributed by atoms with E-state index in [4.69, 9.17) is 4.74 Å². The van der Waals surface area contributed by atoms with Gasteiger partial charge in [0.15, 0.2) is 5.78 Å². The van der Waals surface area contributed by atoms with E-state index in [1.807, 2.05) is 84.6 Å². The van der Waals surface area contributed by atoms with E-state index in [0.29, 0.717) is 35.3 Å². The van der Waals surface area contributed by atoms with Crippen LogP contribution in [0, 0.1) is 12.3 Å². The molecular formula is C30H27BrN2O3. The van der Waals surface area contributed by atoms with Gasteiger partial charge in [-0.2, -0.15) is 0 Å². The molecule has 1 atom stereocenters. The van der Waals surface area contributed by atoms with Gasteiger partial charge < -0.3 is 9.84 Å². The van der Waals surface area contributed by atoms with Crippen LogP contribution >= 0.6 is 15.9 Å². The lowest BCUT2D eigenvalue weighted by atomic mass is 9.73. The number of carbonyl (C=O) groups is 1. The van der Waals surface area contributed by atoms with Gasteiger partial charge in [0.05, 0.1) is 7.11 Å². The average Bonchev–Trinajstić information content (AvgIpc) is 2.89. The molecule has 3 aromatic rings. The Morgan fingerprint density at radius 3 is 2.31 bits per heavy atom. The van der Waals surface area contributed by atoms with Gasteiger partial charge in [-0.3, -0.25) is 15.1 Å². The highest BCUT2D eigenvalue weighted by molar-refractivity contribution is 9.10. The van der Waals surface area contributed by atoms with Crippen molar-refractivity contribution in [2.45, 2.75) is 32.1 Å². The molecule has 0 spiro atoms. The summed E-state index contributed by atoms with van der Waals surface area (Å²) in [7, 11) is 1.61. The summed E-state index contributed by atoms with van der Waals surface area (Å²) in [5.41, 5.74) is 5.22. The van der Waals surface area contributed by atoms with E-state index < -0.39 is 5.92 Å². The predicted molar refractivity (Wildman–Crippen MR) is 147 cm³/mol. The SMILES string of the molecule is COc1ccc([C@@H]2C3=C(CCCC3=O)N(c3ccc(Br)cc3)C(=N)/C2=C(/O)c2ccc(C)cc2)cc1. The first-order chi connectivity index (χ1) is 17.4. The number of anilines is 1. The fourth-order valence-electron chi connectivity index (χ4n) is 5.06. The number of aliphatic hydroxyl groups excluding tert-OH is 1. The molecule has 182 valence electrons.